The molecule has 4 bridgehead atoms. The van der Waals surface area contributed by atoms with Crippen molar-refractivity contribution in [2.24, 2.45) is 23.7 Å². The number of nitrogens with one attached hydrogen (secondary N) is 2. The van der Waals surface area contributed by atoms with Crippen LogP contribution in [0.4, 0.5) is 4.79 Å². The summed E-state index contributed by atoms with van der Waals surface area (Å²) in [5.74, 6) is 0.473. The third-order valence-electron chi connectivity index (χ3n) is 9.65. The van der Waals surface area contributed by atoms with Gasteiger partial charge in [0.25, 0.3) is 0 Å². The molecule has 8 nitrogen and oxygen atoms in total. The van der Waals surface area contributed by atoms with E-state index < -0.39 is 30.1 Å². The molecule has 0 saturated heterocycles. The van der Waals surface area contributed by atoms with Crippen LogP contribution in [0, 0.1) is 23.7 Å². The molecule has 4 saturated carbocycles. The number of rotatable bonds is 10. The number of aromatic nitrogens is 1. The lowest BCUT2D eigenvalue weighted by Crippen LogP contribution is -2.57. The molecule has 3 aromatic rings. The van der Waals surface area contributed by atoms with Crippen molar-refractivity contribution < 1.29 is 24.2 Å². The number of carboxylic acids is 1. The molecule has 41 heavy (non-hydrogen) atoms. The molecule has 0 spiro atoms. The summed E-state index contributed by atoms with van der Waals surface area (Å²) in [6, 6.07) is 15.2. The predicted molar refractivity (Wildman–Crippen MR) is 153 cm³/mol. The Morgan fingerprint density at radius 1 is 0.976 bits per heavy atom. The van der Waals surface area contributed by atoms with Gasteiger partial charge >= 0.3 is 6.09 Å². The second-order valence-corrected chi connectivity index (χ2v) is 12.3. The number of hydrogen-bond acceptors (Lipinski definition) is 5. The average molecular weight is 557 g/mol. The number of aliphatic carboxylic acids is 1. The number of benzene rings is 2. The first-order valence-electron chi connectivity index (χ1n) is 14.9. The highest BCUT2D eigenvalue weighted by Crippen LogP contribution is 2.54. The van der Waals surface area contributed by atoms with Gasteiger partial charge in [0.2, 0.25) is 5.91 Å². The Balaban J connectivity index is 1.23. The number of alkyl carbamates (subject to hydrolysis) is 1. The Hall–Kier alpha value is -3.81. The van der Waals surface area contributed by atoms with E-state index in [4.69, 9.17) is 4.74 Å². The van der Waals surface area contributed by atoms with Crippen molar-refractivity contribution in [1.29, 1.82) is 0 Å². The lowest BCUT2D eigenvalue weighted by Gasteiger charge is -2.53. The number of carbonyl (C=O) groups is 3. The van der Waals surface area contributed by atoms with Crippen LogP contribution in [0.2, 0.25) is 0 Å². The van der Waals surface area contributed by atoms with E-state index in [2.05, 4.69) is 10.3 Å². The smallest absolute Gasteiger partial charge is 0.408 e. The lowest BCUT2D eigenvalue weighted by molar-refractivity contribution is -0.310. The predicted octanol–water partition coefficient (Wildman–Crippen LogP) is 3.84. The standard InChI is InChI=1S/C33H39N3O5/c1-20(32(38)39)36(12-11-21-7-3-2-4-8-21)31(37)29(18-26-19-34-28-10-6-5-9-27(26)28)35-33(40)41-30-24-14-22-13-23(16-24)17-25(30)15-22/h2-10,19-20,22-25,29-30,34H,11-18H2,1H3,(H,35,40)(H,38,39)/p-1. The molecule has 2 unspecified atom stereocenters. The van der Waals surface area contributed by atoms with Gasteiger partial charge in [-0.3, -0.25) is 4.79 Å². The van der Waals surface area contributed by atoms with E-state index in [9.17, 15) is 19.5 Å². The van der Waals surface area contributed by atoms with Gasteiger partial charge in [0, 0.05) is 30.1 Å². The zero-order valence-corrected chi connectivity index (χ0v) is 23.5. The fourth-order valence-electron chi connectivity index (χ4n) is 7.80. The van der Waals surface area contributed by atoms with Crippen molar-refractivity contribution in [1.82, 2.24) is 15.2 Å². The Morgan fingerprint density at radius 3 is 2.32 bits per heavy atom. The Kier molecular flexibility index (Phi) is 7.73. The second kappa shape index (κ2) is 11.6. The van der Waals surface area contributed by atoms with E-state index in [0.717, 1.165) is 59.5 Å². The van der Waals surface area contributed by atoms with Crippen molar-refractivity contribution >= 4 is 28.9 Å². The van der Waals surface area contributed by atoms with Crippen LogP contribution in [0.15, 0.2) is 60.8 Å². The maximum absolute atomic E-state index is 14.1. The fourth-order valence-corrected chi connectivity index (χ4v) is 7.80. The molecule has 8 heteroatoms. The van der Waals surface area contributed by atoms with Crippen molar-refractivity contribution in [2.75, 3.05) is 6.54 Å². The van der Waals surface area contributed by atoms with Crippen molar-refractivity contribution in [3.8, 4) is 0 Å². The molecule has 2 amide bonds. The summed E-state index contributed by atoms with van der Waals surface area (Å²) in [5.41, 5.74) is 2.77. The van der Waals surface area contributed by atoms with Crippen LogP contribution in [-0.2, 0) is 27.2 Å². The maximum Gasteiger partial charge on any atom is 0.408 e. The molecular formula is C33H38N3O5-. The number of H-pyrrole nitrogens is 1. The van der Waals surface area contributed by atoms with Gasteiger partial charge in [-0.1, -0.05) is 48.5 Å². The van der Waals surface area contributed by atoms with Crippen LogP contribution < -0.4 is 10.4 Å². The molecule has 4 aliphatic carbocycles. The molecule has 0 aliphatic heterocycles. The maximum atomic E-state index is 14.1. The van der Waals surface area contributed by atoms with E-state index in [-0.39, 0.29) is 19.1 Å². The highest BCUT2D eigenvalue weighted by Gasteiger charge is 2.50. The number of nitrogens with zero attached hydrogens (tertiary/aromatic N) is 1. The summed E-state index contributed by atoms with van der Waals surface area (Å²) in [6.07, 6.45) is 7.53. The van der Waals surface area contributed by atoms with Crippen LogP contribution >= 0.6 is 0 Å². The van der Waals surface area contributed by atoms with Gasteiger partial charge in [-0.25, -0.2) is 4.79 Å². The van der Waals surface area contributed by atoms with Crippen LogP contribution in [0.3, 0.4) is 0 Å². The minimum absolute atomic E-state index is 0.122. The SMILES string of the molecule is CC(C(=O)[O-])N(CCc1ccccc1)C(=O)C(Cc1c[nH]c2ccccc12)NC(=O)OC1C2CC3CC(C2)CC1C3. The molecule has 2 atom stereocenters. The van der Waals surface area contributed by atoms with Crippen LogP contribution in [0.25, 0.3) is 10.9 Å². The number of carboxylic acid groups (broad SMARTS) is 1. The largest absolute Gasteiger partial charge is 0.548 e. The topological polar surface area (TPSA) is 115 Å². The first-order chi connectivity index (χ1) is 19.9. The lowest BCUT2D eigenvalue weighted by atomic mass is 9.55. The molecule has 216 valence electrons. The highest BCUT2D eigenvalue weighted by molar-refractivity contribution is 5.90. The number of aromatic amines is 1. The number of hydrogen-bond donors (Lipinski definition) is 2. The van der Waals surface area contributed by atoms with Gasteiger partial charge in [-0.2, -0.15) is 0 Å². The molecule has 2 N–H and O–H groups in total. The first kappa shape index (κ1) is 27.4. The Bertz CT molecular complexity index is 1370. The molecule has 1 aromatic heterocycles. The minimum atomic E-state index is -1.34. The molecule has 1 heterocycles. The molecule has 7 rings (SSSR count). The number of ether oxygens (including phenoxy) is 1. The molecular weight excluding hydrogens is 518 g/mol. The number of carbonyl (C=O) groups excluding carboxylic acids is 3. The highest BCUT2D eigenvalue weighted by atomic mass is 16.6. The van der Waals surface area contributed by atoms with Gasteiger partial charge < -0.3 is 29.8 Å². The normalized spacial score (nSPS) is 25.9. The zero-order valence-electron chi connectivity index (χ0n) is 23.5. The Labute approximate surface area is 240 Å². The zero-order chi connectivity index (χ0) is 28.5. The second-order valence-electron chi connectivity index (χ2n) is 12.3. The van der Waals surface area contributed by atoms with Gasteiger partial charge in [0.05, 0.1) is 12.0 Å². The summed E-state index contributed by atoms with van der Waals surface area (Å²) in [6.45, 7) is 1.63. The fraction of sp³-hybridized carbons (Fsp3) is 0.485. The van der Waals surface area contributed by atoms with Crippen LogP contribution in [0.1, 0.15) is 50.2 Å². The molecule has 4 fully saturated rings. The molecule has 4 aliphatic rings. The van der Waals surface area contributed by atoms with Gasteiger partial charge in [0.15, 0.2) is 0 Å². The summed E-state index contributed by atoms with van der Waals surface area (Å²) in [4.78, 5) is 44.0. The van der Waals surface area contributed by atoms with Crippen LogP contribution in [-0.4, -0.2) is 52.6 Å². The van der Waals surface area contributed by atoms with E-state index in [1.807, 2.05) is 60.8 Å². The summed E-state index contributed by atoms with van der Waals surface area (Å²) >= 11 is 0. The van der Waals surface area contributed by atoms with E-state index in [1.165, 1.54) is 18.2 Å². The van der Waals surface area contributed by atoms with E-state index in [1.54, 1.807) is 0 Å². The van der Waals surface area contributed by atoms with Crippen LogP contribution in [0.5, 0.6) is 0 Å². The molecule has 0 radical (unpaired) electrons. The summed E-state index contributed by atoms with van der Waals surface area (Å²) in [5, 5.41) is 15.8. The monoisotopic (exact) mass is 556 g/mol. The van der Waals surface area contributed by atoms with E-state index in [0.29, 0.717) is 18.3 Å². The summed E-state index contributed by atoms with van der Waals surface area (Å²) in [7, 11) is 0. The van der Waals surface area contributed by atoms with Gasteiger partial charge in [0.1, 0.15) is 12.1 Å². The average Bonchev–Trinajstić information content (AvgIpc) is 3.37. The number of fused-ring (bicyclic) bond motifs is 1. The molecule has 2 aromatic carbocycles. The van der Waals surface area contributed by atoms with Gasteiger partial charge in [-0.15, -0.1) is 0 Å². The number of para-hydroxylation sites is 1. The minimum Gasteiger partial charge on any atom is -0.548 e. The Morgan fingerprint density at radius 2 is 1.63 bits per heavy atom. The third kappa shape index (κ3) is 5.83. The van der Waals surface area contributed by atoms with Crippen molar-refractivity contribution in [2.45, 2.75) is 70.1 Å². The quantitative estimate of drug-likeness (QED) is 0.394. The van der Waals surface area contributed by atoms with Crippen molar-refractivity contribution in [3.05, 3.63) is 71.9 Å². The van der Waals surface area contributed by atoms with Gasteiger partial charge in [-0.05, 0) is 86.3 Å². The summed E-state index contributed by atoms with van der Waals surface area (Å²) < 4.78 is 6.07. The van der Waals surface area contributed by atoms with Crippen molar-refractivity contribution in [3.63, 3.8) is 0 Å². The van der Waals surface area contributed by atoms with E-state index >= 15 is 0 Å². The third-order valence-corrected chi connectivity index (χ3v) is 9.65. The number of amides is 2. The first-order valence-corrected chi connectivity index (χ1v) is 14.9.